The molecule has 5 heteroatoms. The Hall–Kier alpha value is -0.630. The molecule has 0 bridgehead atoms. The van der Waals surface area contributed by atoms with Crippen LogP contribution in [0.5, 0.6) is 0 Å². The zero-order valence-electron chi connectivity index (χ0n) is 9.00. The Kier molecular flexibility index (Phi) is 6.49. The summed E-state index contributed by atoms with van der Waals surface area (Å²) in [4.78, 5) is 11.7. The van der Waals surface area contributed by atoms with E-state index in [1.165, 1.54) is 0 Å². The van der Waals surface area contributed by atoms with E-state index >= 15 is 0 Å². The van der Waals surface area contributed by atoms with Crippen molar-refractivity contribution in [1.29, 1.82) is 0 Å². The molecule has 1 rings (SSSR count). The molecule has 0 saturated carbocycles. The summed E-state index contributed by atoms with van der Waals surface area (Å²) in [7, 11) is 0. The number of amides is 1. The second kappa shape index (κ2) is 7.65. The molecule has 0 aromatic heterocycles. The lowest BCUT2D eigenvalue weighted by Crippen LogP contribution is -2.25. The molecular weight excluding hydrogens is 322 g/mol. The minimum Gasteiger partial charge on any atom is -0.351 e. The summed E-state index contributed by atoms with van der Waals surface area (Å²) in [6.07, 6.45) is 5.12. The van der Waals surface area contributed by atoms with Crippen LogP contribution in [-0.2, 0) is 0 Å². The molecule has 0 aliphatic rings. The molecular formula is C12H11BrClNOS. The molecule has 0 aliphatic carbocycles. The van der Waals surface area contributed by atoms with Gasteiger partial charge in [0.15, 0.2) is 0 Å². The van der Waals surface area contributed by atoms with Gasteiger partial charge in [-0.1, -0.05) is 17.5 Å². The minimum atomic E-state index is -0.108. The van der Waals surface area contributed by atoms with E-state index in [-0.39, 0.29) is 5.91 Å². The predicted octanol–water partition coefficient (Wildman–Crippen LogP) is 3.20. The van der Waals surface area contributed by atoms with Gasteiger partial charge in [-0.2, -0.15) is 0 Å². The molecule has 17 heavy (non-hydrogen) atoms. The van der Waals surface area contributed by atoms with Crippen molar-refractivity contribution in [2.45, 2.75) is 0 Å². The van der Waals surface area contributed by atoms with Crippen LogP contribution in [-0.4, -0.2) is 24.0 Å². The van der Waals surface area contributed by atoms with Crippen molar-refractivity contribution < 1.29 is 4.79 Å². The van der Waals surface area contributed by atoms with Crippen LogP contribution >= 0.6 is 39.3 Å². The van der Waals surface area contributed by atoms with Crippen LogP contribution in [0.4, 0.5) is 0 Å². The van der Waals surface area contributed by atoms with Crippen LogP contribution in [0.25, 0.3) is 0 Å². The van der Waals surface area contributed by atoms with Crippen molar-refractivity contribution in [2.75, 3.05) is 18.1 Å². The van der Waals surface area contributed by atoms with Gasteiger partial charge in [0.1, 0.15) is 0 Å². The quantitative estimate of drug-likeness (QED) is 0.663. The molecule has 1 amide bonds. The molecule has 0 fully saturated rings. The minimum absolute atomic E-state index is 0.108. The van der Waals surface area contributed by atoms with E-state index in [0.717, 1.165) is 5.75 Å². The summed E-state index contributed by atoms with van der Waals surface area (Å²) >= 11 is 10.7. The number of thioether (sulfide) groups is 1. The van der Waals surface area contributed by atoms with Crippen LogP contribution in [0.2, 0.25) is 5.02 Å². The molecule has 1 aromatic carbocycles. The molecule has 0 unspecified atom stereocenters. The second-order valence-electron chi connectivity index (χ2n) is 3.14. The highest BCUT2D eigenvalue weighted by molar-refractivity contribution is 9.10. The van der Waals surface area contributed by atoms with Crippen molar-refractivity contribution in [3.05, 3.63) is 33.3 Å². The van der Waals surface area contributed by atoms with Gasteiger partial charge in [0.2, 0.25) is 0 Å². The third kappa shape index (κ3) is 5.03. The van der Waals surface area contributed by atoms with Gasteiger partial charge >= 0.3 is 0 Å². The summed E-state index contributed by atoms with van der Waals surface area (Å²) in [5.41, 5.74) is 0.586. The predicted molar refractivity (Wildman–Crippen MR) is 77.6 cm³/mol. The number of terminal acetylenes is 1. The van der Waals surface area contributed by atoms with Crippen molar-refractivity contribution in [3.63, 3.8) is 0 Å². The first-order valence-electron chi connectivity index (χ1n) is 4.89. The molecule has 90 valence electrons. The normalized spacial score (nSPS) is 9.71. The van der Waals surface area contributed by atoms with Gasteiger partial charge < -0.3 is 5.32 Å². The van der Waals surface area contributed by atoms with Crippen molar-refractivity contribution in [3.8, 4) is 12.3 Å². The summed E-state index contributed by atoms with van der Waals surface area (Å²) in [5, 5.41) is 3.40. The Morgan fingerprint density at radius 3 is 3.00 bits per heavy atom. The summed E-state index contributed by atoms with van der Waals surface area (Å²) in [6, 6.07) is 5.08. The lowest BCUT2D eigenvalue weighted by molar-refractivity contribution is 0.0956. The van der Waals surface area contributed by atoms with E-state index < -0.39 is 0 Å². The molecule has 0 radical (unpaired) electrons. The first-order valence-corrected chi connectivity index (χ1v) is 7.22. The number of nitrogens with one attached hydrogen (secondary N) is 1. The van der Waals surface area contributed by atoms with Gasteiger partial charge in [0, 0.05) is 22.3 Å². The average molecular weight is 333 g/mol. The number of hydrogen-bond donors (Lipinski definition) is 1. The molecule has 0 aliphatic heterocycles. The number of carbonyl (C=O) groups excluding carboxylic acids is 1. The van der Waals surface area contributed by atoms with E-state index in [0.29, 0.717) is 27.4 Å². The maximum absolute atomic E-state index is 11.7. The number of carbonyl (C=O) groups is 1. The molecule has 1 N–H and O–H groups in total. The van der Waals surface area contributed by atoms with Crippen molar-refractivity contribution in [1.82, 2.24) is 5.32 Å². The second-order valence-corrected chi connectivity index (χ2v) is 5.51. The highest BCUT2D eigenvalue weighted by Gasteiger charge is 2.06. The first kappa shape index (κ1) is 14.4. The van der Waals surface area contributed by atoms with E-state index in [2.05, 4.69) is 27.2 Å². The molecule has 0 atom stereocenters. The van der Waals surface area contributed by atoms with Crippen LogP contribution in [0.3, 0.4) is 0 Å². The van der Waals surface area contributed by atoms with Gasteiger partial charge in [-0.3, -0.25) is 4.79 Å². The Bertz CT molecular complexity index is 445. The zero-order valence-corrected chi connectivity index (χ0v) is 12.2. The Morgan fingerprint density at radius 1 is 1.59 bits per heavy atom. The molecule has 1 aromatic rings. The van der Waals surface area contributed by atoms with Crippen molar-refractivity contribution in [2.24, 2.45) is 0 Å². The third-order valence-electron chi connectivity index (χ3n) is 1.90. The van der Waals surface area contributed by atoms with E-state index in [9.17, 15) is 4.79 Å². The zero-order chi connectivity index (χ0) is 12.7. The number of benzene rings is 1. The number of hydrogen-bond acceptors (Lipinski definition) is 2. The van der Waals surface area contributed by atoms with E-state index in [4.69, 9.17) is 18.0 Å². The summed E-state index contributed by atoms with van der Waals surface area (Å²) in [6.45, 7) is 0.603. The van der Waals surface area contributed by atoms with Gasteiger partial charge in [-0.15, -0.1) is 18.2 Å². The van der Waals surface area contributed by atoms with Gasteiger partial charge in [0.05, 0.1) is 10.8 Å². The first-order chi connectivity index (χ1) is 8.15. The van der Waals surface area contributed by atoms with Crippen LogP contribution < -0.4 is 5.32 Å². The maximum atomic E-state index is 11.7. The largest absolute Gasteiger partial charge is 0.351 e. The average Bonchev–Trinajstić information content (AvgIpc) is 2.32. The summed E-state index contributed by atoms with van der Waals surface area (Å²) in [5.74, 6) is 3.90. The topological polar surface area (TPSA) is 29.1 Å². The van der Waals surface area contributed by atoms with Crippen LogP contribution in [0, 0.1) is 12.3 Å². The molecule has 0 heterocycles. The fraction of sp³-hybridized carbons (Fsp3) is 0.250. The van der Waals surface area contributed by atoms with Gasteiger partial charge in [-0.05, 0) is 34.1 Å². The van der Waals surface area contributed by atoms with E-state index in [1.807, 2.05) is 0 Å². The molecule has 0 spiro atoms. The van der Waals surface area contributed by atoms with Crippen LogP contribution in [0.1, 0.15) is 10.4 Å². The highest BCUT2D eigenvalue weighted by atomic mass is 79.9. The highest BCUT2D eigenvalue weighted by Crippen LogP contribution is 2.23. The lowest BCUT2D eigenvalue weighted by Gasteiger charge is -2.05. The van der Waals surface area contributed by atoms with Gasteiger partial charge in [0.25, 0.3) is 5.91 Å². The molecule has 0 saturated heterocycles. The fourth-order valence-electron chi connectivity index (χ4n) is 1.11. The summed E-state index contributed by atoms with van der Waals surface area (Å²) < 4.78 is 0.716. The van der Waals surface area contributed by atoms with E-state index in [1.54, 1.807) is 30.0 Å². The van der Waals surface area contributed by atoms with Crippen molar-refractivity contribution >= 4 is 45.2 Å². The Balaban J connectivity index is 2.42. The number of rotatable bonds is 5. The third-order valence-corrected chi connectivity index (χ3v) is 3.98. The Morgan fingerprint density at radius 2 is 2.35 bits per heavy atom. The standard InChI is InChI=1S/C12H11BrClNOS/c1-2-6-17-7-5-15-12(16)9-3-4-11(14)10(13)8-9/h1,3-4,8H,5-7H2,(H,15,16). The van der Waals surface area contributed by atoms with Gasteiger partial charge in [-0.25, -0.2) is 0 Å². The Labute approximate surface area is 119 Å². The lowest BCUT2D eigenvalue weighted by atomic mass is 10.2. The molecule has 2 nitrogen and oxygen atoms in total. The smallest absolute Gasteiger partial charge is 0.251 e. The fourth-order valence-corrected chi connectivity index (χ4v) is 2.11. The maximum Gasteiger partial charge on any atom is 0.251 e. The monoisotopic (exact) mass is 331 g/mol. The van der Waals surface area contributed by atoms with Crippen LogP contribution in [0.15, 0.2) is 22.7 Å². The SMILES string of the molecule is C#CCSCCNC(=O)c1ccc(Cl)c(Br)c1. The number of halogens is 2.